The molecule has 1 spiro atoms. The van der Waals surface area contributed by atoms with Gasteiger partial charge in [0.05, 0.1) is 17.5 Å². The summed E-state index contributed by atoms with van der Waals surface area (Å²) in [6.45, 7) is 5.41. The van der Waals surface area contributed by atoms with Crippen molar-refractivity contribution in [2.24, 2.45) is 17.8 Å². The molecule has 2 aromatic carbocycles. The van der Waals surface area contributed by atoms with E-state index in [0.29, 0.717) is 43.3 Å². The Labute approximate surface area is 271 Å². The number of aryl methyl sites for hydroxylation is 1. The van der Waals surface area contributed by atoms with E-state index in [0.717, 1.165) is 44.1 Å². The van der Waals surface area contributed by atoms with Crippen LogP contribution in [0.5, 0.6) is 5.75 Å². The molecule has 2 aliphatic heterocycles. The minimum Gasteiger partial charge on any atom is -0.490 e. The number of sulfonamides is 1. The number of allylic oxidation sites excluding steroid dienone is 1. The molecule has 2 bridgehead atoms. The van der Waals surface area contributed by atoms with Gasteiger partial charge >= 0.3 is 0 Å². The maximum Gasteiger partial charge on any atom is 0.264 e. The number of benzene rings is 2. The maximum absolute atomic E-state index is 13.5. The highest BCUT2D eigenvalue weighted by molar-refractivity contribution is 7.90. The quantitative estimate of drug-likeness (QED) is 0.327. The Morgan fingerprint density at radius 2 is 2.02 bits per heavy atom. The van der Waals surface area contributed by atoms with Gasteiger partial charge in [-0.15, -0.1) is 0 Å². The Kier molecular flexibility index (Phi) is 8.82. The molecule has 2 aliphatic carbocycles. The normalized spacial score (nSPS) is 33.4. The van der Waals surface area contributed by atoms with Crippen molar-refractivity contribution in [3.05, 3.63) is 70.3 Å². The molecule has 6 rings (SSSR count). The van der Waals surface area contributed by atoms with E-state index in [1.165, 1.54) is 11.1 Å². The van der Waals surface area contributed by atoms with Gasteiger partial charge < -0.3 is 14.4 Å². The molecule has 0 unspecified atom stereocenters. The number of hydrogen-bond donors (Lipinski definition) is 1. The van der Waals surface area contributed by atoms with Crippen LogP contribution in [0.1, 0.15) is 73.9 Å². The van der Waals surface area contributed by atoms with Gasteiger partial charge in [0.2, 0.25) is 10.0 Å². The summed E-state index contributed by atoms with van der Waals surface area (Å²) in [7, 11) is -2.41. The first-order valence-electron chi connectivity index (χ1n) is 16.1. The van der Waals surface area contributed by atoms with E-state index in [9.17, 15) is 18.0 Å². The van der Waals surface area contributed by atoms with Crippen LogP contribution < -0.4 is 14.4 Å². The zero-order chi connectivity index (χ0) is 32.0. The second-order valence-electron chi connectivity index (χ2n) is 13.4. The van der Waals surface area contributed by atoms with Crippen LogP contribution in [-0.2, 0) is 31.4 Å². The average molecular weight is 655 g/mol. The Hall–Kier alpha value is -2.88. The lowest BCUT2D eigenvalue weighted by molar-refractivity contribution is -0.135. The molecule has 1 amide bonds. The number of carbonyl (C=O) groups excluding carboxylic acids is 2. The minimum absolute atomic E-state index is 0.0438. The summed E-state index contributed by atoms with van der Waals surface area (Å²) in [5, 5.41) is -0.0712. The molecular weight excluding hydrogens is 612 g/mol. The monoisotopic (exact) mass is 654 g/mol. The second kappa shape index (κ2) is 12.4. The number of aldehydes is 1. The molecule has 6 atom stereocenters. The first-order valence-corrected chi connectivity index (χ1v) is 18.0. The fraction of sp³-hybridized carbons (Fsp3) is 0.543. The summed E-state index contributed by atoms with van der Waals surface area (Å²) in [6, 6.07) is 11.3. The Bertz CT molecular complexity index is 1610. The van der Waals surface area contributed by atoms with Crippen molar-refractivity contribution in [3.8, 4) is 5.75 Å². The summed E-state index contributed by atoms with van der Waals surface area (Å²) in [5.74, 6) is -0.176. The Balaban J connectivity index is 1.46. The molecule has 2 aromatic rings. The van der Waals surface area contributed by atoms with E-state index >= 15 is 0 Å². The lowest BCUT2D eigenvalue weighted by Gasteiger charge is -2.48. The van der Waals surface area contributed by atoms with E-state index in [2.05, 4.69) is 21.8 Å². The van der Waals surface area contributed by atoms with Crippen LogP contribution in [0.25, 0.3) is 0 Å². The highest BCUT2D eigenvalue weighted by Crippen LogP contribution is 2.48. The van der Waals surface area contributed by atoms with E-state index in [1.807, 2.05) is 32.1 Å². The molecule has 1 N–H and O–H groups in total. The van der Waals surface area contributed by atoms with Gasteiger partial charge in [-0.3, -0.25) is 9.59 Å². The molecule has 45 heavy (non-hydrogen) atoms. The van der Waals surface area contributed by atoms with E-state index in [1.54, 1.807) is 25.3 Å². The van der Waals surface area contributed by atoms with E-state index in [4.69, 9.17) is 21.1 Å². The molecule has 8 nitrogen and oxygen atoms in total. The number of amides is 1. The first kappa shape index (κ1) is 32.1. The van der Waals surface area contributed by atoms with Gasteiger partial charge in [-0.25, -0.2) is 13.1 Å². The molecule has 4 aliphatic rings. The zero-order valence-corrected chi connectivity index (χ0v) is 27.8. The third-order valence-corrected chi connectivity index (χ3v) is 13.1. The smallest absolute Gasteiger partial charge is 0.264 e. The van der Waals surface area contributed by atoms with Gasteiger partial charge in [0.1, 0.15) is 11.4 Å². The molecule has 0 saturated heterocycles. The first-order chi connectivity index (χ1) is 21.5. The maximum atomic E-state index is 13.5. The van der Waals surface area contributed by atoms with E-state index < -0.39 is 26.8 Å². The number of nitrogens with one attached hydrogen (secondary N) is 1. The van der Waals surface area contributed by atoms with Crippen molar-refractivity contribution in [2.75, 3.05) is 31.7 Å². The molecule has 0 aromatic heterocycles. The summed E-state index contributed by atoms with van der Waals surface area (Å²) in [5.41, 5.74) is 2.06. The van der Waals surface area contributed by atoms with Crippen molar-refractivity contribution in [1.29, 1.82) is 0 Å². The highest BCUT2D eigenvalue weighted by Gasteiger charge is 2.49. The van der Waals surface area contributed by atoms with Crippen LogP contribution in [0, 0.1) is 17.8 Å². The average Bonchev–Trinajstić information content (AvgIpc) is 3.15. The fourth-order valence-electron chi connectivity index (χ4n) is 8.25. The largest absolute Gasteiger partial charge is 0.490 e. The number of carbonyl (C=O) groups is 2. The molecule has 242 valence electrons. The number of nitrogens with zero attached hydrogens (tertiary/aromatic N) is 1. The zero-order valence-electron chi connectivity index (χ0n) is 26.3. The van der Waals surface area contributed by atoms with Crippen LogP contribution in [0.15, 0.2) is 48.6 Å². The lowest BCUT2D eigenvalue weighted by atomic mass is 9.64. The number of anilines is 1. The van der Waals surface area contributed by atoms with Crippen LogP contribution in [-0.4, -0.2) is 58.3 Å². The molecule has 10 heteroatoms. The fourth-order valence-corrected chi connectivity index (χ4v) is 10.1. The van der Waals surface area contributed by atoms with Gasteiger partial charge in [0.15, 0.2) is 6.29 Å². The van der Waals surface area contributed by atoms with Crippen LogP contribution >= 0.6 is 11.6 Å². The van der Waals surface area contributed by atoms with Crippen molar-refractivity contribution in [2.45, 2.75) is 75.1 Å². The molecule has 2 heterocycles. The third-order valence-electron chi connectivity index (χ3n) is 10.8. The van der Waals surface area contributed by atoms with E-state index in [-0.39, 0.29) is 28.7 Å². The summed E-state index contributed by atoms with van der Waals surface area (Å²) in [6.07, 6.45) is 10.0. The topological polar surface area (TPSA) is 102 Å². The summed E-state index contributed by atoms with van der Waals surface area (Å²) >= 11 is 6.41. The van der Waals surface area contributed by atoms with Crippen molar-refractivity contribution >= 4 is 39.5 Å². The Morgan fingerprint density at radius 3 is 2.73 bits per heavy atom. The SMILES string of the molecule is CC[C@H]1[C@@H](C)C/C=C/[C@](C=O)(OC)[C@@H]2CC[C@H]2CN2C[C@@]3(CCCc4cc(Cl)ccc43)COc3ccc(cc32)C(=O)NS1(=O)=O. The van der Waals surface area contributed by atoms with Crippen molar-refractivity contribution < 1.29 is 27.5 Å². The van der Waals surface area contributed by atoms with Crippen LogP contribution in [0.4, 0.5) is 5.69 Å². The lowest BCUT2D eigenvalue weighted by Crippen LogP contribution is -2.53. The van der Waals surface area contributed by atoms with Gasteiger partial charge in [-0.05, 0) is 104 Å². The Morgan fingerprint density at radius 1 is 1.20 bits per heavy atom. The van der Waals surface area contributed by atoms with Gasteiger partial charge in [0.25, 0.3) is 5.91 Å². The molecule has 0 radical (unpaired) electrons. The summed E-state index contributed by atoms with van der Waals surface area (Å²) in [4.78, 5) is 28.6. The van der Waals surface area contributed by atoms with Crippen molar-refractivity contribution in [3.63, 3.8) is 0 Å². The van der Waals surface area contributed by atoms with Gasteiger partial charge in [0, 0.05) is 42.1 Å². The molecule has 1 saturated carbocycles. The predicted molar refractivity (Wildman–Crippen MR) is 176 cm³/mol. The standard InChI is InChI=1S/C35H43ClN2O6S/c1-4-32-23(2)7-5-16-35(21-39,43-3)29-12-9-26(29)19-38-20-34(15-6-8-24-17-27(36)11-13-28(24)34)22-44-31-14-10-25(18-30(31)38)33(40)37-45(32,41)42/h5,10-11,13-14,16-18,21,23,26,29,32H,4,6-9,12,15,19-20,22H2,1-3H3,(H,37,40)/b16-5+/t23-,26-,29+,32-,34-,35+/m0/s1. The highest BCUT2D eigenvalue weighted by atomic mass is 35.5. The second-order valence-corrected chi connectivity index (χ2v) is 15.8. The number of rotatable bonds is 3. The van der Waals surface area contributed by atoms with Crippen LogP contribution in [0.2, 0.25) is 5.02 Å². The molecule has 1 fully saturated rings. The molecular formula is C35H43ClN2O6S. The predicted octanol–water partition coefficient (Wildman–Crippen LogP) is 5.86. The van der Waals surface area contributed by atoms with Crippen LogP contribution in [0.3, 0.4) is 0 Å². The van der Waals surface area contributed by atoms with Gasteiger partial charge in [-0.2, -0.15) is 0 Å². The summed E-state index contributed by atoms with van der Waals surface area (Å²) < 4.78 is 41.9. The van der Waals surface area contributed by atoms with Crippen molar-refractivity contribution in [1.82, 2.24) is 4.72 Å². The number of hydrogen-bond acceptors (Lipinski definition) is 7. The minimum atomic E-state index is -3.99. The number of ether oxygens (including phenoxy) is 2. The number of halogens is 1. The van der Waals surface area contributed by atoms with Gasteiger partial charge in [-0.1, -0.05) is 37.6 Å². The third kappa shape index (κ3) is 5.80. The number of fused-ring (bicyclic) bond motifs is 4. The number of methoxy groups -OCH3 is 1.